The van der Waals surface area contributed by atoms with Crippen LogP contribution in [0.1, 0.15) is 38.1 Å². The van der Waals surface area contributed by atoms with E-state index >= 15 is 0 Å². The average Bonchev–Trinajstić information content (AvgIpc) is 2.45. The van der Waals surface area contributed by atoms with Crippen molar-refractivity contribution in [1.82, 2.24) is 15.2 Å². The van der Waals surface area contributed by atoms with E-state index in [4.69, 9.17) is 4.74 Å². The topological polar surface area (TPSA) is 54.5 Å². The number of hydrogen-bond acceptors (Lipinski definition) is 4. The van der Waals surface area contributed by atoms with Crippen LogP contribution in [0.15, 0.2) is 18.3 Å². The lowest BCUT2D eigenvalue weighted by atomic mass is 10.1. The number of ether oxygens (including phenoxy) is 1. The summed E-state index contributed by atoms with van der Waals surface area (Å²) in [7, 11) is 0. The number of hydrogen-bond donors (Lipinski definition) is 1. The Labute approximate surface area is 132 Å². The van der Waals surface area contributed by atoms with E-state index in [1.807, 2.05) is 0 Å². The molecule has 128 valence electrons. The number of pyridine rings is 1. The monoisotopic (exact) mass is 331 g/mol. The zero-order valence-electron chi connectivity index (χ0n) is 13.3. The Hall–Kier alpha value is -1.83. The van der Waals surface area contributed by atoms with Crippen molar-refractivity contribution in [1.29, 1.82) is 0 Å². The second kappa shape index (κ2) is 6.35. The molecule has 1 atom stereocenters. The van der Waals surface area contributed by atoms with Gasteiger partial charge in [0.2, 0.25) is 0 Å². The van der Waals surface area contributed by atoms with E-state index < -0.39 is 29.5 Å². The molecule has 1 N–H and O–H groups in total. The van der Waals surface area contributed by atoms with E-state index in [1.165, 1.54) is 11.0 Å². The lowest BCUT2D eigenvalue weighted by molar-refractivity contribution is -0.137. The van der Waals surface area contributed by atoms with E-state index in [0.717, 1.165) is 12.3 Å². The van der Waals surface area contributed by atoms with Crippen LogP contribution < -0.4 is 5.32 Å². The minimum atomic E-state index is -4.43. The smallest absolute Gasteiger partial charge is 0.417 e. The summed E-state index contributed by atoms with van der Waals surface area (Å²) in [6.45, 7) is 6.70. The van der Waals surface area contributed by atoms with Gasteiger partial charge in [-0.1, -0.05) is 0 Å². The van der Waals surface area contributed by atoms with Gasteiger partial charge in [-0.2, -0.15) is 13.2 Å². The van der Waals surface area contributed by atoms with Crippen molar-refractivity contribution in [3.05, 3.63) is 29.6 Å². The number of aromatic nitrogens is 1. The Morgan fingerprint density at radius 1 is 1.35 bits per heavy atom. The molecular formula is C15H20F3N3O2. The largest absolute Gasteiger partial charge is 0.444 e. The molecule has 1 aliphatic rings. The molecule has 1 unspecified atom stereocenters. The fourth-order valence-corrected chi connectivity index (χ4v) is 2.28. The maximum Gasteiger partial charge on any atom is 0.417 e. The number of nitrogens with zero attached hydrogens (tertiary/aromatic N) is 2. The molecule has 1 fully saturated rings. The van der Waals surface area contributed by atoms with Crippen molar-refractivity contribution in [3.63, 3.8) is 0 Å². The van der Waals surface area contributed by atoms with Crippen molar-refractivity contribution in [3.8, 4) is 0 Å². The van der Waals surface area contributed by atoms with Gasteiger partial charge in [-0.3, -0.25) is 9.88 Å². The van der Waals surface area contributed by atoms with Crippen LogP contribution >= 0.6 is 0 Å². The van der Waals surface area contributed by atoms with Gasteiger partial charge in [-0.15, -0.1) is 0 Å². The van der Waals surface area contributed by atoms with Crippen LogP contribution in [0.3, 0.4) is 0 Å². The summed E-state index contributed by atoms with van der Waals surface area (Å²) in [6, 6.07) is 1.82. The number of piperazine rings is 1. The summed E-state index contributed by atoms with van der Waals surface area (Å²) in [4.78, 5) is 17.7. The molecular weight excluding hydrogens is 311 g/mol. The van der Waals surface area contributed by atoms with Gasteiger partial charge in [-0.25, -0.2) is 4.79 Å². The van der Waals surface area contributed by atoms with Crippen LogP contribution in [-0.4, -0.2) is 41.2 Å². The number of amides is 1. The molecule has 0 bridgehead atoms. The Morgan fingerprint density at radius 2 is 2.04 bits per heavy atom. The molecule has 0 aromatic carbocycles. The quantitative estimate of drug-likeness (QED) is 0.859. The first kappa shape index (κ1) is 17.5. The highest BCUT2D eigenvalue weighted by Crippen LogP contribution is 2.30. The highest BCUT2D eigenvalue weighted by atomic mass is 19.4. The molecule has 1 aliphatic heterocycles. The summed E-state index contributed by atoms with van der Waals surface area (Å²) in [5.41, 5.74) is -1.05. The molecule has 0 radical (unpaired) electrons. The van der Waals surface area contributed by atoms with Crippen LogP contribution in [0.5, 0.6) is 0 Å². The third-order valence-electron chi connectivity index (χ3n) is 3.33. The molecule has 0 saturated carbocycles. The lowest BCUT2D eigenvalue weighted by Gasteiger charge is -2.36. The zero-order chi connectivity index (χ0) is 17.3. The standard InChI is InChI=1S/C15H20F3N3O2/c1-14(2,3)23-13(22)21-7-6-19-9-12(21)11-5-4-10(8-20-11)15(16,17)18/h4-5,8,12,19H,6-7,9H2,1-3H3. The van der Waals surface area contributed by atoms with Gasteiger partial charge in [0.1, 0.15) is 5.60 Å². The SMILES string of the molecule is CC(C)(C)OC(=O)N1CCNCC1c1ccc(C(F)(F)F)cn1. The van der Waals surface area contributed by atoms with E-state index in [0.29, 0.717) is 25.3 Å². The molecule has 8 heteroatoms. The van der Waals surface area contributed by atoms with Gasteiger partial charge in [0, 0.05) is 25.8 Å². The number of alkyl halides is 3. The molecule has 0 spiro atoms. The summed E-state index contributed by atoms with van der Waals surface area (Å²) in [6.07, 6.45) is -4.14. The highest BCUT2D eigenvalue weighted by molar-refractivity contribution is 5.69. The van der Waals surface area contributed by atoms with E-state index in [-0.39, 0.29) is 0 Å². The third kappa shape index (κ3) is 4.57. The molecule has 1 aromatic rings. The van der Waals surface area contributed by atoms with E-state index in [1.54, 1.807) is 20.8 Å². The number of nitrogens with one attached hydrogen (secondary N) is 1. The van der Waals surface area contributed by atoms with Crippen molar-refractivity contribution < 1.29 is 22.7 Å². The lowest BCUT2D eigenvalue weighted by Crippen LogP contribution is -2.50. The number of rotatable bonds is 1. The minimum absolute atomic E-state index is 0.399. The number of carbonyl (C=O) groups is 1. The van der Waals surface area contributed by atoms with Crippen LogP contribution in [-0.2, 0) is 10.9 Å². The molecule has 1 amide bonds. The van der Waals surface area contributed by atoms with Crippen molar-refractivity contribution in [2.24, 2.45) is 0 Å². The molecule has 5 nitrogen and oxygen atoms in total. The fourth-order valence-electron chi connectivity index (χ4n) is 2.28. The maximum atomic E-state index is 12.6. The van der Waals surface area contributed by atoms with Crippen LogP contribution in [0.25, 0.3) is 0 Å². The zero-order valence-corrected chi connectivity index (χ0v) is 13.3. The first-order valence-corrected chi connectivity index (χ1v) is 7.31. The predicted octanol–water partition coefficient (Wildman–Crippen LogP) is 2.98. The van der Waals surface area contributed by atoms with Gasteiger partial charge in [-0.05, 0) is 32.9 Å². The Balaban J connectivity index is 2.19. The van der Waals surface area contributed by atoms with Crippen molar-refractivity contribution >= 4 is 6.09 Å². The van der Waals surface area contributed by atoms with Crippen molar-refractivity contribution in [2.75, 3.05) is 19.6 Å². The van der Waals surface area contributed by atoms with Gasteiger partial charge in [0.25, 0.3) is 0 Å². The molecule has 0 aliphatic carbocycles. The van der Waals surface area contributed by atoms with Crippen LogP contribution in [0, 0.1) is 0 Å². The summed E-state index contributed by atoms with van der Waals surface area (Å²) in [5, 5.41) is 3.11. The molecule has 1 saturated heterocycles. The van der Waals surface area contributed by atoms with Gasteiger partial charge in [0.15, 0.2) is 0 Å². The molecule has 2 rings (SSSR count). The van der Waals surface area contributed by atoms with Crippen molar-refractivity contribution in [2.45, 2.75) is 38.6 Å². The first-order valence-electron chi connectivity index (χ1n) is 7.31. The number of halogens is 3. The Morgan fingerprint density at radius 3 is 2.57 bits per heavy atom. The predicted molar refractivity (Wildman–Crippen MR) is 77.8 cm³/mol. The highest BCUT2D eigenvalue weighted by Gasteiger charge is 2.34. The first-order chi connectivity index (χ1) is 10.6. The molecule has 1 aromatic heterocycles. The number of carbonyl (C=O) groups excluding carboxylic acids is 1. The Kier molecular flexibility index (Phi) is 4.84. The minimum Gasteiger partial charge on any atom is -0.444 e. The van der Waals surface area contributed by atoms with E-state index in [9.17, 15) is 18.0 Å². The van der Waals surface area contributed by atoms with Crippen LogP contribution in [0.4, 0.5) is 18.0 Å². The molecule has 23 heavy (non-hydrogen) atoms. The summed E-state index contributed by atoms with van der Waals surface area (Å²) >= 11 is 0. The average molecular weight is 331 g/mol. The van der Waals surface area contributed by atoms with Gasteiger partial charge in [0.05, 0.1) is 17.3 Å². The summed E-state index contributed by atoms with van der Waals surface area (Å²) in [5.74, 6) is 0. The van der Waals surface area contributed by atoms with E-state index in [2.05, 4.69) is 10.3 Å². The maximum absolute atomic E-state index is 12.6. The fraction of sp³-hybridized carbons (Fsp3) is 0.600. The van der Waals surface area contributed by atoms with Crippen LogP contribution in [0.2, 0.25) is 0 Å². The van der Waals surface area contributed by atoms with Gasteiger partial charge < -0.3 is 10.1 Å². The summed E-state index contributed by atoms with van der Waals surface area (Å²) < 4.78 is 43.2. The molecule has 2 heterocycles. The second-order valence-electron chi connectivity index (χ2n) is 6.36. The van der Waals surface area contributed by atoms with Gasteiger partial charge >= 0.3 is 12.3 Å². The third-order valence-corrected chi connectivity index (χ3v) is 3.33. The Bertz CT molecular complexity index is 553. The normalized spacial score (nSPS) is 19.6. The second-order valence-corrected chi connectivity index (χ2v) is 6.36.